The molecule has 0 aliphatic carbocycles. The van der Waals surface area contributed by atoms with Crippen molar-refractivity contribution in [2.75, 3.05) is 33.9 Å². The van der Waals surface area contributed by atoms with E-state index in [-0.39, 0.29) is 5.91 Å². The largest absolute Gasteiger partial charge is 0.393 e. The number of methoxy groups -OCH3 is 2. The molecule has 0 aromatic heterocycles. The Labute approximate surface area is 108 Å². The van der Waals surface area contributed by atoms with Gasteiger partial charge in [0.25, 0.3) is 5.91 Å². The monoisotopic (exact) mass is 262 g/mol. The molecule has 0 heterocycles. The second-order valence-electron chi connectivity index (χ2n) is 4.22. The summed E-state index contributed by atoms with van der Waals surface area (Å²) in [6.07, 6.45) is 0.505. The highest BCUT2D eigenvalue weighted by molar-refractivity contribution is 7.80. The molecule has 100 valence electrons. The highest BCUT2D eigenvalue weighted by atomic mass is 32.1. The summed E-state index contributed by atoms with van der Waals surface area (Å²) in [6.45, 7) is 4.93. The molecule has 0 unspecified atom stereocenters. The molecule has 0 saturated carbocycles. The summed E-state index contributed by atoms with van der Waals surface area (Å²) in [6, 6.07) is 0. The van der Waals surface area contributed by atoms with Gasteiger partial charge in [-0.25, -0.2) is 0 Å². The highest BCUT2D eigenvalue weighted by Gasteiger charge is 2.31. The standard InChI is InChI=1S/C11H22N2O3S/c1-11(2,16-4)10(14)13(7-8-15-3)6-5-9(12)17/h5-8H2,1-4H3,(H2,12,17). The predicted octanol–water partition coefficient (Wildman–Crippen LogP) is 0.563. The van der Waals surface area contributed by atoms with Gasteiger partial charge < -0.3 is 20.1 Å². The molecule has 0 aromatic rings. The minimum atomic E-state index is -0.843. The van der Waals surface area contributed by atoms with Gasteiger partial charge in [0.1, 0.15) is 5.60 Å². The van der Waals surface area contributed by atoms with E-state index >= 15 is 0 Å². The third kappa shape index (κ3) is 5.95. The maximum atomic E-state index is 12.2. The van der Waals surface area contributed by atoms with Crippen LogP contribution in [-0.4, -0.2) is 55.3 Å². The molecule has 0 atom stereocenters. The van der Waals surface area contributed by atoms with E-state index < -0.39 is 5.60 Å². The second-order valence-corrected chi connectivity index (χ2v) is 4.74. The van der Waals surface area contributed by atoms with E-state index in [1.54, 1.807) is 25.9 Å². The van der Waals surface area contributed by atoms with Crippen molar-refractivity contribution in [1.82, 2.24) is 4.90 Å². The lowest BCUT2D eigenvalue weighted by Crippen LogP contribution is -2.48. The third-order valence-electron chi connectivity index (χ3n) is 2.51. The molecule has 0 spiro atoms. The highest BCUT2D eigenvalue weighted by Crippen LogP contribution is 2.12. The number of carbonyl (C=O) groups is 1. The summed E-state index contributed by atoms with van der Waals surface area (Å²) in [5.74, 6) is -0.0895. The molecule has 0 saturated heterocycles. The zero-order chi connectivity index (χ0) is 13.5. The zero-order valence-corrected chi connectivity index (χ0v) is 11.8. The Kier molecular flexibility index (Phi) is 7.26. The van der Waals surface area contributed by atoms with Crippen LogP contribution in [-0.2, 0) is 14.3 Å². The SMILES string of the molecule is COCCN(CCC(N)=S)C(=O)C(C)(C)OC. The summed E-state index contributed by atoms with van der Waals surface area (Å²) < 4.78 is 10.1. The van der Waals surface area contributed by atoms with E-state index in [9.17, 15) is 4.79 Å². The van der Waals surface area contributed by atoms with Crippen LogP contribution in [0.5, 0.6) is 0 Å². The molecule has 0 aliphatic heterocycles. The molecule has 17 heavy (non-hydrogen) atoms. The van der Waals surface area contributed by atoms with Crippen molar-refractivity contribution in [3.05, 3.63) is 0 Å². The summed E-state index contributed by atoms with van der Waals surface area (Å²) in [5, 5.41) is 0. The van der Waals surface area contributed by atoms with Crippen molar-refractivity contribution < 1.29 is 14.3 Å². The van der Waals surface area contributed by atoms with Gasteiger partial charge in [-0.3, -0.25) is 4.79 Å². The molecule has 5 nitrogen and oxygen atoms in total. The average molecular weight is 262 g/mol. The van der Waals surface area contributed by atoms with Crippen LogP contribution in [0.1, 0.15) is 20.3 Å². The number of amides is 1. The number of hydrogen-bond acceptors (Lipinski definition) is 4. The van der Waals surface area contributed by atoms with Crippen LogP contribution < -0.4 is 5.73 Å². The minimum Gasteiger partial charge on any atom is -0.393 e. The molecule has 1 amide bonds. The predicted molar refractivity (Wildman–Crippen MR) is 70.9 cm³/mol. The van der Waals surface area contributed by atoms with E-state index in [0.29, 0.717) is 31.1 Å². The number of carbonyl (C=O) groups excluding carboxylic acids is 1. The first-order chi connectivity index (χ1) is 7.85. The molecule has 0 aromatic carbocycles. The summed E-state index contributed by atoms with van der Waals surface area (Å²) >= 11 is 4.81. The van der Waals surface area contributed by atoms with Crippen molar-refractivity contribution >= 4 is 23.1 Å². The molecule has 0 fully saturated rings. The molecular formula is C11H22N2O3S. The van der Waals surface area contributed by atoms with Crippen LogP contribution in [0.2, 0.25) is 0 Å². The van der Waals surface area contributed by atoms with Crippen LogP contribution in [0.15, 0.2) is 0 Å². The van der Waals surface area contributed by atoms with Crippen LogP contribution in [0.25, 0.3) is 0 Å². The Morgan fingerprint density at radius 3 is 2.35 bits per heavy atom. The zero-order valence-electron chi connectivity index (χ0n) is 11.0. The van der Waals surface area contributed by atoms with E-state index in [0.717, 1.165) is 0 Å². The molecular weight excluding hydrogens is 240 g/mol. The quantitative estimate of drug-likeness (QED) is 0.648. The van der Waals surface area contributed by atoms with Gasteiger partial charge in [-0.1, -0.05) is 12.2 Å². The van der Waals surface area contributed by atoms with E-state index in [1.165, 1.54) is 7.11 Å². The number of ether oxygens (including phenoxy) is 2. The smallest absolute Gasteiger partial charge is 0.254 e. The van der Waals surface area contributed by atoms with Gasteiger partial charge >= 0.3 is 0 Å². The molecule has 0 aliphatic rings. The number of nitrogens with two attached hydrogens (primary N) is 1. The van der Waals surface area contributed by atoms with Crippen LogP contribution >= 0.6 is 12.2 Å². The average Bonchev–Trinajstić information content (AvgIpc) is 2.28. The first-order valence-electron chi connectivity index (χ1n) is 5.47. The Balaban J connectivity index is 4.55. The van der Waals surface area contributed by atoms with Crippen LogP contribution in [0, 0.1) is 0 Å². The first kappa shape index (κ1) is 16.3. The lowest BCUT2D eigenvalue weighted by molar-refractivity contribution is -0.151. The van der Waals surface area contributed by atoms with E-state index in [4.69, 9.17) is 27.4 Å². The van der Waals surface area contributed by atoms with Crippen molar-refractivity contribution in [2.45, 2.75) is 25.9 Å². The number of thiocarbonyl (C=S) groups is 1. The van der Waals surface area contributed by atoms with E-state index in [2.05, 4.69) is 0 Å². The lowest BCUT2D eigenvalue weighted by atomic mass is 10.1. The second kappa shape index (κ2) is 7.58. The van der Waals surface area contributed by atoms with Crippen molar-refractivity contribution in [2.24, 2.45) is 5.73 Å². The summed E-state index contributed by atoms with van der Waals surface area (Å²) in [5.41, 5.74) is 4.60. The topological polar surface area (TPSA) is 64.8 Å². The van der Waals surface area contributed by atoms with Gasteiger partial charge in [0.05, 0.1) is 11.6 Å². The van der Waals surface area contributed by atoms with Gasteiger partial charge in [-0.05, 0) is 13.8 Å². The minimum absolute atomic E-state index is 0.0895. The molecule has 2 N–H and O–H groups in total. The van der Waals surface area contributed by atoms with Crippen LogP contribution in [0.3, 0.4) is 0 Å². The van der Waals surface area contributed by atoms with Crippen molar-refractivity contribution in [1.29, 1.82) is 0 Å². The first-order valence-corrected chi connectivity index (χ1v) is 5.87. The van der Waals surface area contributed by atoms with Gasteiger partial charge in [0.2, 0.25) is 0 Å². The molecule has 0 bridgehead atoms. The van der Waals surface area contributed by atoms with Crippen LogP contribution in [0.4, 0.5) is 0 Å². The fraction of sp³-hybridized carbons (Fsp3) is 0.818. The number of rotatable bonds is 8. The fourth-order valence-corrected chi connectivity index (χ4v) is 1.32. The van der Waals surface area contributed by atoms with Gasteiger partial charge in [-0.15, -0.1) is 0 Å². The maximum absolute atomic E-state index is 12.2. The Hall–Kier alpha value is -0.720. The van der Waals surface area contributed by atoms with Crippen molar-refractivity contribution in [3.8, 4) is 0 Å². The number of nitrogens with zero attached hydrogens (tertiary/aromatic N) is 1. The lowest BCUT2D eigenvalue weighted by Gasteiger charge is -2.30. The Morgan fingerprint density at radius 2 is 1.94 bits per heavy atom. The molecule has 0 radical (unpaired) electrons. The van der Waals surface area contributed by atoms with Crippen molar-refractivity contribution in [3.63, 3.8) is 0 Å². The Bertz CT molecular complexity index is 269. The van der Waals surface area contributed by atoms with E-state index in [1.807, 2.05) is 0 Å². The molecule has 0 rings (SSSR count). The fourth-order valence-electron chi connectivity index (χ4n) is 1.23. The summed E-state index contributed by atoms with van der Waals surface area (Å²) in [4.78, 5) is 14.2. The van der Waals surface area contributed by atoms with Gasteiger partial charge in [-0.2, -0.15) is 0 Å². The number of hydrogen-bond donors (Lipinski definition) is 1. The summed E-state index contributed by atoms with van der Waals surface area (Å²) in [7, 11) is 3.11. The van der Waals surface area contributed by atoms with Gasteiger partial charge in [0, 0.05) is 33.7 Å². The Morgan fingerprint density at radius 1 is 1.35 bits per heavy atom. The maximum Gasteiger partial charge on any atom is 0.254 e. The normalized spacial score (nSPS) is 11.3. The molecule has 6 heteroatoms. The van der Waals surface area contributed by atoms with Gasteiger partial charge in [0.15, 0.2) is 0 Å². The third-order valence-corrected chi connectivity index (χ3v) is 2.71.